The van der Waals surface area contributed by atoms with E-state index >= 15 is 0 Å². The van der Waals surface area contributed by atoms with E-state index in [0.29, 0.717) is 19.0 Å². The molecule has 1 saturated heterocycles. The predicted octanol–water partition coefficient (Wildman–Crippen LogP) is 3.94. The highest BCUT2D eigenvalue weighted by Gasteiger charge is 2.23. The van der Waals surface area contributed by atoms with E-state index in [1.165, 1.54) is 0 Å². The van der Waals surface area contributed by atoms with Gasteiger partial charge in [0.05, 0.1) is 34.1 Å². The maximum Gasteiger partial charge on any atom is 0.148 e. The van der Waals surface area contributed by atoms with Gasteiger partial charge in [0.25, 0.3) is 0 Å². The smallest absolute Gasteiger partial charge is 0.148 e. The second kappa shape index (κ2) is 5.98. The van der Waals surface area contributed by atoms with Crippen molar-refractivity contribution < 1.29 is 9.84 Å². The zero-order valence-electron chi connectivity index (χ0n) is 13.2. The van der Waals surface area contributed by atoms with E-state index in [9.17, 15) is 5.11 Å². The molecule has 120 valence electrons. The number of morpholine rings is 1. The maximum atomic E-state index is 10.9. The Morgan fingerprint density at radius 1 is 1.22 bits per heavy atom. The summed E-state index contributed by atoms with van der Waals surface area (Å²) in [6, 6.07) is 8.01. The number of thiazole rings is 1. The van der Waals surface area contributed by atoms with Crippen molar-refractivity contribution in [1.82, 2.24) is 4.98 Å². The summed E-state index contributed by atoms with van der Waals surface area (Å²) in [4.78, 5) is 7.11. The summed E-state index contributed by atoms with van der Waals surface area (Å²) in [6.07, 6.45) is 2.06. The van der Waals surface area contributed by atoms with Gasteiger partial charge in [-0.15, -0.1) is 11.3 Å². The molecule has 23 heavy (non-hydrogen) atoms. The number of phenols is 1. The molecule has 1 aliphatic heterocycles. The van der Waals surface area contributed by atoms with Crippen molar-refractivity contribution in [2.45, 2.75) is 19.8 Å². The van der Waals surface area contributed by atoms with Crippen molar-refractivity contribution in [2.75, 3.05) is 31.2 Å². The minimum absolute atomic E-state index is 0.377. The number of rotatable bonds is 3. The zero-order valence-corrected chi connectivity index (χ0v) is 14.0. The quantitative estimate of drug-likeness (QED) is 0.791. The molecule has 4 nitrogen and oxygen atoms in total. The van der Waals surface area contributed by atoms with Gasteiger partial charge >= 0.3 is 0 Å². The summed E-state index contributed by atoms with van der Waals surface area (Å²) < 4.78 is 6.57. The maximum absolute atomic E-state index is 10.9. The number of hydrogen-bond acceptors (Lipinski definition) is 5. The largest absolute Gasteiger partial charge is 0.505 e. The van der Waals surface area contributed by atoms with Crippen molar-refractivity contribution in [3.8, 4) is 5.75 Å². The fraction of sp³-hybridized carbons (Fsp3) is 0.389. The van der Waals surface area contributed by atoms with Gasteiger partial charge in [0, 0.05) is 23.9 Å². The second-order valence-electron chi connectivity index (χ2n) is 5.88. The first-order chi connectivity index (χ1) is 11.3. The molecule has 0 aliphatic carbocycles. The molecule has 0 spiro atoms. The monoisotopic (exact) mass is 328 g/mol. The topological polar surface area (TPSA) is 45.6 Å². The number of ether oxygens (including phenoxy) is 1. The van der Waals surface area contributed by atoms with Crippen LogP contribution in [0.5, 0.6) is 5.75 Å². The molecular weight excluding hydrogens is 308 g/mol. The predicted molar refractivity (Wildman–Crippen MR) is 95.8 cm³/mol. The van der Waals surface area contributed by atoms with Crippen molar-refractivity contribution in [3.05, 3.63) is 29.3 Å². The number of aromatic hydroxyl groups is 1. The molecule has 0 unspecified atom stereocenters. The number of benzene rings is 2. The summed E-state index contributed by atoms with van der Waals surface area (Å²) >= 11 is 1.72. The van der Waals surface area contributed by atoms with Crippen molar-refractivity contribution in [3.63, 3.8) is 0 Å². The first kappa shape index (κ1) is 14.7. The molecule has 1 N–H and O–H groups in total. The molecule has 0 amide bonds. The lowest BCUT2D eigenvalue weighted by Gasteiger charge is -2.30. The fourth-order valence-electron chi connectivity index (χ4n) is 3.24. The van der Waals surface area contributed by atoms with Crippen LogP contribution in [0.2, 0.25) is 0 Å². The number of aryl methyl sites for hydroxylation is 1. The van der Waals surface area contributed by atoms with Crippen LogP contribution in [0.3, 0.4) is 0 Å². The van der Waals surface area contributed by atoms with E-state index in [1.807, 2.05) is 18.2 Å². The van der Waals surface area contributed by atoms with Crippen LogP contribution in [-0.2, 0) is 11.2 Å². The van der Waals surface area contributed by atoms with Crippen LogP contribution >= 0.6 is 11.3 Å². The molecule has 0 saturated carbocycles. The highest BCUT2D eigenvalue weighted by Crippen LogP contribution is 2.45. The van der Waals surface area contributed by atoms with Crippen molar-refractivity contribution in [2.24, 2.45) is 0 Å². The van der Waals surface area contributed by atoms with E-state index in [1.54, 1.807) is 11.3 Å². The first-order valence-electron chi connectivity index (χ1n) is 8.15. The van der Waals surface area contributed by atoms with Gasteiger partial charge < -0.3 is 14.7 Å². The lowest BCUT2D eigenvalue weighted by atomic mass is 10.1. The minimum Gasteiger partial charge on any atom is -0.505 e. The van der Waals surface area contributed by atoms with Gasteiger partial charge in [-0.3, -0.25) is 0 Å². The van der Waals surface area contributed by atoms with Gasteiger partial charge in [-0.1, -0.05) is 31.2 Å². The Hall–Kier alpha value is -1.85. The number of hydrogen-bond donors (Lipinski definition) is 1. The Kier molecular flexibility index (Phi) is 3.83. The van der Waals surface area contributed by atoms with E-state index in [2.05, 4.69) is 17.9 Å². The molecule has 0 atom stereocenters. The molecule has 3 aromatic rings. The summed E-state index contributed by atoms with van der Waals surface area (Å²) in [7, 11) is 0. The van der Waals surface area contributed by atoms with Crippen LogP contribution in [0.4, 0.5) is 5.69 Å². The van der Waals surface area contributed by atoms with Crippen LogP contribution in [0.1, 0.15) is 18.4 Å². The number of anilines is 1. The Labute approximate surface area is 139 Å². The van der Waals surface area contributed by atoms with Crippen LogP contribution in [0.15, 0.2) is 24.3 Å². The van der Waals surface area contributed by atoms with E-state index < -0.39 is 0 Å². The summed E-state index contributed by atoms with van der Waals surface area (Å²) in [6.45, 7) is 5.19. The third kappa shape index (κ3) is 2.44. The van der Waals surface area contributed by atoms with Gasteiger partial charge in [0.2, 0.25) is 0 Å². The van der Waals surface area contributed by atoms with Gasteiger partial charge in [0.1, 0.15) is 5.75 Å². The average Bonchev–Trinajstić information content (AvgIpc) is 3.00. The fourth-order valence-corrected chi connectivity index (χ4v) is 4.49. The van der Waals surface area contributed by atoms with E-state index in [0.717, 1.165) is 57.6 Å². The molecule has 1 aromatic heterocycles. The van der Waals surface area contributed by atoms with Crippen LogP contribution < -0.4 is 4.90 Å². The minimum atomic E-state index is 0.377. The Balaban J connectivity index is 2.02. The van der Waals surface area contributed by atoms with Crippen LogP contribution in [0, 0.1) is 0 Å². The molecule has 4 rings (SSSR count). The van der Waals surface area contributed by atoms with Crippen LogP contribution in [-0.4, -0.2) is 36.4 Å². The number of aromatic nitrogens is 1. The van der Waals surface area contributed by atoms with Gasteiger partial charge in [0.15, 0.2) is 0 Å². The molecule has 0 radical (unpaired) electrons. The molecule has 1 fully saturated rings. The normalized spacial score (nSPS) is 15.6. The Morgan fingerprint density at radius 2 is 1.96 bits per heavy atom. The van der Waals surface area contributed by atoms with Gasteiger partial charge in [-0.05, 0) is 12.8 Å². The first-order valence-corrected chi connectivity index (χ1v) is 8.97. The van der Waals surface area contributed by atoms with Gasteiger partial charge in [-0.2, -0.15) is 0 Å². The highest BCUT2D eigenvalue weighted by molar-refractivity contribution is 7.19. The lowest BCUT2D eigenvalue weighted by molar-refractivity contribution is 0.122. The number of phenolic OH excluding ortho intramolecular Hbond substituents is 1. The molecule has 2 heterocycles. The number of nitrogens with zero attached hydrogens (tertiary/aromatic N) is 2. The molecule has 2 aromatic carbocycles. The lowest BCUT2D eigenvalue weighted by Crippen LogP contribution is -2.36. The van der Waals surface area contributed by atoms with Crippen molar-refractivity contribution >= 4 is 38.0 Å². The van der Waals surface area contributed by atoms with Gasteiger partial charge in [-0.25, -0.2) is 4.98 Å². The third-order valence-electron chi connectivity index (χ3n) is 4.34. The molecular formula is C18H20N2O2S. The van der Waals surface area contributed by atoms with Crippen LogP contribution in [0.25, 0.3) is 21.0 Å². The number of fused-ring (bicyclic) bond motifs is 3. The summed E-state index contributed by atoms with van der Waals surface area (Å²) in [5.74, 6) is 0.377. The van der Waals surface area contributed by atoms with E-state index in [-0.39, 0.29) is 0 Å². The molecule has 1 aliphatic rings. The average molecular weight is 328 g/mol. The van der Waals surface area contributed by atoms with Crippen molar-refractivity contribution in [1.29, 1.82) is 0 Å². The molecule has 5 heteroatoms. The van der Waals surface area contributed by atoms with E-state index in [4.69, 9.17) is 9.72 Å². The highest BCUT2D eigenvalue weighted by atomic mass is 32.1. The summed E-state index contributed by atoms with van der Waals surface area (Å²) in [5, 5.41) is 14.0. The summed E-state index contributed by atoms with van der Waals surface area (Å²) in [5.41, 5.74) is 1.95. The Morgan fingerprint density at radius 3 is 2.70 bits per heavy atom. The SMILES string of the molecule is CCCc1nc2c(s1)c(N1CCOCC1)c(O)c1ccccc12. The third-order valence-corrected chi connectivity index (χ3v) is 5.46. The zero-order chi connectivity index (χ0) is 15.8. The molecule has 0 bridgehead atoms. The standard InChI is InChI=1S/C18H20N2O2S/c1-2-5-14-19-15-12-6-3-4-7-13(12)17(21)16(18(15)23-14)20-8-10-22-11-9-20/h3-4,6-7,21H,2,5,8-11H2,1H3. The second-order valence-corrected chi connectivity index (χ2v) is 6.96. The Bertz CT molecular complexity index is 853.